The zero-order valence-corrected chi connectivity index (χ0v) is 6.81. The molecule has 0 saturated carbocycles. The van der Waals surface area contributed by atoms with E-state index in [9.17, 15) is 0 Å². The van der Waals surface area contributed by atoms with Crippen LogP contribution in [0.3, 0.4) is 0 Å². The summed E-state index contributed by atoms with van der Waals surface area (Å²) in [7, 11) is 0. The maximum atomic E-state index is 9.00. The van der Waals surface area contributed by atoms with Crippen LogP contribution in [-0.4, -0.2) is 15.1 Å². The van der Waals surface area contributed by atoms with Crippen molar-refractivity contribution < 1.29 is 5.11 Å². The monoisotopic (exact) mass is 171 g/mol. The van der Waals surface area contributed by atoms with E-state index in [0.717, 1.165) is 5.56 Å². The van der Waals surface area contributed by atoms with Crippen molar-refractivity contribution in [1.29, 1.82) is 0 Å². The minimum absolute atomic E-state index is 0.123. The van der Waals surface area contributed by atoms with Crippen LogP contribution < -0.4 is 0 Å². The van der Waals surface area contributed by atoms with Crippen molar-refractivity contribution in [3.63, 3.8) is 0 Å². The zero-order chi connectivity index (χ0) is 9.10. The maximum Gasteiger partial charge on any atom is 0.134 e. The second-order valence-corrected chi connectivity index (χ2v) is 2.56. The predicted octanol–water partition coefficient (Wildman–Crippen LogP) is 1.65. The molecule has 2 aromatic rings. The number of aromatic nitrogens is 2. The lowest BCUT2D eigenvalue weighted by atomic mass is 10.2. The number of rotatable bonds is 1. The van der Waals surface area contributed by atoms with Crippen molar-refractivity contribution in [3.8, 4) is 17.0 Å². The summed E-state index contributed by atoms with van der Waals surface area (Å²) in [6.45, 7) is 0. The molecule has 3 nitrogen and oxygen atoms in total. The Kier molecular flexibility index (Phi) is 1.92. The summed E-state index contributed by atoms with van der Waals surface area (Å²) in [4.78, 5) is 7.91. The van der Waals surface area contributed by atoms with Gasteiger partial charge in [0, 0.05) is 24.0 Å². The molecule has 0 aliphatic heterocycles. The minimum atomic E-state index is 0.123. The van der Waals surface area contributed by atoms with E-state index in [0.29, 0.717) is 5.69 Å². The molecule has 0 amide bonds. The molecule has 0 atom stereocenters. The maximum absolute atomic E-state index is 9.00. The highest BCUT2D eigenvalue weighted by Gasteiger charge is 1.97. The van der Waals surface area contributed by atoms with Gasteiger partial charge < -0.3 is 5.11 Å². The Morgan fingerprint density at radius 1 is 1.23 bits per heavy atom. The summed E-state index contributed by atoms with van der Waals surface area (Å²) in [5.41, 5.74) is 1.65. The highest BCUT2D eigenvalue weighted by molar-refractivity contribution is 5.57. The molecule has 2 rings (SSSR count). The predicted molar refractivity (Wildman–Crippen MR) is 48.0 cm³/mol. The first kappa shape index (κ1) is 7.73. The highest BCUT2D eigenvalue weighted by atomic mass is 16.3. The van der Waals surface area contributed by atoms with Crippen LogP contribution in [0.15, 0.2) is 36.8 Å². The molecule has 0 unspecified atom stereocenters. The van der Waals surface area contributed by atoms with Crippen LogP contribution in [0, 0.1) is 6.07 Å². The van der Waals surface area contributed by atoms with Crippen molar-refractivity contribution >= 4 is 0 Å². The minimum Gasteiger partial charge on any atom is -0.506 e. The summed E-state index contributed by atoms with van der Waals surface area (Å²) in [6, 6.07) is 8.04. The SMILES string of the molecule is Oc1c[c]c(-c2ccncc2)nc1. The summed E-state index contributed by atoms with van der Waals surface area (Å²) in [5, 5.41) is 9.00. The molecule has 13 heavy (non-hydrogen) atoms. The van der Waals surface area contributed by atoms with Crippen LogP contribution in [-0.2, 0) is 0 Å². The van der Waals surface area contributed by atoms with Crippen molar-refractivity contribution in [1.82, 2.24) is 9.97 Å². The normalized spacial score (nSPS) is 9.85. The molecule has 0 saturated heterocycles. The Morgan fingerprint density at radius 3 is 2.62 bits per heavy atom. The van der Waals surface area contributed by atoms with E-state index < -0.39 is 0 Å². The quantitative estimate of drug-likeness (QED) is 0.709. The number of hydrogen-bond donors (Lipinski definition) is 1. The highest BCUT2D eigenvalue weighted by Crippen LogP contribution is 2.16. The Balaban J connectivity index is 2.42. The van der Waals surface area contributed by atoms with Crippen molar-refractivity contribution in [3.05, 3.63) is 42.9 Å². The van der Waals surface area contributed by atoms with Crippen LogP contribution in [0.5, 0.6) is 5.75 Å². The van der Waals surface area contributed by atoms with E-state index in [1.165, 1.54) is 12.3 Å². The first-order chi connectivity index (χ1) is 6.36. The van der Waals surface area contributed by atoms with E-state index in [1.807, 2.05) is 12.1 Å². The molecule has 0 spiro atoms. The molecule has 2 aromatic heterocycles. The Morgan fingerprint density at radius 2 is 2.00 bits per heavy atom. The van der Waals surface area contributed by atoms with Crippen molar-refractivity contribution in [2.45, 2.75) is 0 Å². The fourth-order valence-electron chi connectivity index (χ4n) is 1.02. The van der Waals surface area contributed by atoms with Crippen LogP contribution in [0.2, 0.25) is 0 Å². The summed E-state index contributed by atoms with van der Waals surface area (Å²) >= 11 is 0. The molecular weight excluding hydrogens is 164 g/mol. The van der Waals surface area contributed by atoms with Gasteiger partial charge in [-0.1, -0.05) is 0 Å². The molecule has 1 radical (unpaired) electrons. The van der Waals surface area contributed by atoms with Gasteiger partial charge in [-0.05, 0) is 18.2 Å². The summed E-state index contributed by atoms with van der Waals surface area (Å²) in [5.74, 6) is 0.123. The van der Waals surface area contributed by atoms with Gasteiger partial charge in [0.05, 0.1) is 11.9 Å². The second-order valence-electron chi connectivity index (χ2n) is 2.56. The Bertz CT molecular complexity index is 383. The third-order valence-corrected chi connectivity index (χ3v) is 1.64. The van der Waals surface area contributed by atoms with E-state index in [4.69, 9.17) is 5.11 Å². The van der Waals surface area contributed by atoms with Gasteiger partial charge in [0.15, 0.2) is 0 Å². The fourth-order valence-corrected chi connectivity index (χ4v) is 1.02. The Labute approximate surface area is 75.7 Å². The van der Waals surface area contributed by atoms with Gasteiger partial charge in [-0.15, -0.1) is 0 Å². The van der Waals surface area contributed by atoms with Gasteiger partial charge in [-0.2, -0.15) is 0 Å². The first-order valence-corrected chi connectivity index (χ1v) is 3.83. The van der Waals surface area contributed by atoms with E-state index in [-0.39, 0.29) is 5.75 Å². The van der Waals surface area contributed by atoms with Gasteiger partial charge in [0.2, 0.25) is 0 Å². The summed E-state index contributed by atoms with van der Waals surface area (Å²) in [6.07, 6.45) is 4.78. The van der Waals surface area contributed by atoms with E-state index in [1.54, 1.807) is 12.4 Å². The molecule has 1 N–H and O–H groups in total. The molecule has 3 heteroatoms. The van der Waals surface area contributed by atoms with Gasteiger partial charge in [0.1, 0.15) is 5.75 Å². The number of nitrogens with zero attached hydrogens (tertiary/aromatic N) is 2. The molecule has 0 aliphatic rings. The largest absolute Gasteiger partial charge is 0.506 e. The second kappa shape index (κ2) is 3.23. The lowest BCUT2D eigenvalue weighted by molar-refractivity contribution is 0.472. The van der Waals surface area contributed by atoms with E-state index >= 15 is 0 Å². The molecule has 0 aromatic carbocycles. The topological polar surface area (TPSA) is 46.0 Å². The lowest BCUT2D eigenvalue weighted by Gasteiger charge is -1.98. The van der Waals surface area contributed by atoms with Crippen LogP contribution in [0.4, 0.5) is 0 Å². The standard InChI is InChI=1S/C10H7N2O/c13-9-1-2-10(12-7-9)8-3-5-11-6-4-8/h1,3-7,13H. The first-order valence-electron chi connectivity index (χ1n) is 3.83. The van der Waals surface area contributed by atoms with Crippen molar-refractivity contribution in [2.75, 3.05) is 0 Å². The number of pyridine rings is 2. The molecule has 63 valence electrons. The molecular formula is C10H7N2O. The van der Waals surface area contributed by atoms with Gasteiger partial charge >= 0.3 is 0 Å². The van der Waals surface area contributed by atoms with E-state index in [2.05, 4.69) is 16.0 Å². The fraction of sp³-hybridized carbons (Fsp3) is 0. The van der Waals surface area contributed by atoms with Gasteiger partial charge in [0.25, 0.3) is 0 Å². The van der Waals surface area contributed by atoms with Crippen LogP contribution in [0.25, 0.3) is 11.3 Å². The average molecular weight is 171 g/mol. The zero-order valence-electron chi connectivity index (χ0n) is 6.81. The molecule has 2 heterocycles. The molecule has 0 fully saturated rings. The number of hydrogen-bond acceptors (Lipinski definition) is 3. The van der Waals surface area contributed by atoms with Crippen molar-refractivity contribution in [2.24, 2.45) is 0 Å². The van der Waals surface area contributed by atoms with Crippen LogP contribution >= 0.6 is 0 Å². The van der Waals surface area contributed by atoms with Gasteiger partial charge in [-0.3, -0.25) is 9.97 Å². The lowest BCUT2D eigenvalue weighted by Crippen LogP contribution is -1.82. The Hall–Kier alpha value is -1.90. The molecule has 0 bridgehead atoms. The van der Waals surface area contributed by atoms with Crippen LogP contribution in [0.1, 0.15) is 0 Å². The average Bonchev–Trinajstić information content (AvgIpc) is 2.20. The third kappa shape index (κ3) is 1.64. The third-order valence-electron chi connectivity index (χ3n) is 1.64. The summed E-state index contributed by atoms with van der Waals surface area (Å²) < 4.78 is 0. The number of aromatic hydroxyl groups is 1. The van der Waals surface area contributed by atoms with Gasteiger partial charge in [-0.25, -0.2) is 0 Å². The smallest absolute Gasteiger partial charge is 0.134 e. The molecule has 0 aliphatic carbocycles.